The van der Waals surface area contributed by atoms with Gasteiger partial charge in [0.05, 0.1) is 5.25 Å². The second kappa shape index (κ2) is 12.4. The van der Waals surface area contributed by atoms with Gasteiger partial charge in [0.1, 0.15) is 18.1 Å². The molecule has 4 fully saturated rings. The van der Waals surface area contributed by atoms with E-state index in [9.17, 15) is 32.4 Å². The van der Waals surface area contributed by atoms with E-state index in [-0.39, 0.29) is 35.0 Å². The number of fused-ring (bicyclic) bond motifs is 1. The van der Waals surface area contributed by atoms with Crippen LogP contribution in [0.15, 0.2) is 0 Å². The summed E-state index contributed by atoms with van der Waals surface area (Å²) in [6, 6.07) is -4.12. The van der Waals surface area contributed by atoms with Crippen LogP contribution in [0.2, 0.25) is 0 Å². The number of likely N-dealkylation sites (N-methyl/N-ethyl adjacent to an activating group) is 1. The number of hydrogen-bond acceptors (Lipinski definition) is 7. The minimum atomic E-state index is -3.46. The summed E-state index contributed by atoms with van der Waals surface area (Å²) < 4.78 is 26.9. The molecule has 1 saturated heterocycles. The molecular formula is C32H54N6O7S. The third-order valence-corrected chi connectivity index (χ3v) is 13.1. The molecule has 14 heteroatoms. The summed E-state index contributed by atoms with van der Waals surface area (Å²) in [5.41, 5.74) is 3.86. The fourth-order valence-corrected chi connectivity index (χ4v) is 8.64. The SMILES string of the molecule is CN(C[C@@H](NC(=O)N[C@H](C(=O)N1C[C@H]2[C@@H]([C@H]1C(=O)NC(C(=O)C(N)=O)C1CCC1)C2(C)C)C(C)(C)C)C(C)(C)C)S(=O)(=O)C1CC1. The molecule has 3 saturated carbocycles. The first-order valence-electron chi connectivity index (χ1n) is 16.5. The van der Waals surface area contributed by atoms with E-state index in [1.807, 2.05) is 55.4 Å². The van der Waals surface area contributed by atoms with E-state index >= 15 is 0 Å². The van der Waals surface area contributed by atoms with Crippen LogP contribution in [0.1, 0.15) is 87.5 Å². The largest absolute Gasteiger partial charge is 0.363 e. The Labute approximate surface area is 273 Å². The number of sulfonamides is 1. The van der Waals surface area contributed by atoms with Crippen molar-refractivity contribution in [3.63, 3.8) is 0 Å². The van der Waals surface area contributed by atoms with Crippen molar-refractivity contribution in [1.82, 2.24) is 25.2 Å². The second-order valence-corrected chi connectivity index (χ2v) is 19.0. The first-order chi connectivity index (χ1) is 21.0. The van der Waals surface area contributed by atoms with Crippen LogP contribution >= 0.6 is 0 Å². The van der Waals surface area contributed by atoms with Crippen LogP contribution in [0.4, 0.5) is 4.79 Å². The van der Waals surface area contributed by atoms with Crippen LogP contribution < -0.4 is 21.7 Å². The summed E-state index contributed by atoms with van der Waals surface area (Å²) in [6.07, 6.45) is 3.54. The number of ketones is 1. The lowest BCUT2D eigenvalue weighted by atomic mass is 9.78. The molecule has 4 rings (SSSR count). The molecule has 0 radical (unpaired) electrons. The highest BCUT2D eigenvalue weighted by Gasteiger charge is 2.70. The Hall–Kier alpha value is -2.74. The number of carbonyl (C=O) groups excluding carboxylic acids is 5. The Morgan fingerprint density at radius 3 is 1.98 bits per heavy atom. The highest BCUT2D eigenvalue weighted by Crippen LogP contribution is 2.65. The van der Waals surface area contributed by atoms with Crippen molar-refractivity contribution in [2.24, 2.45) is 39.7 Å². The molecule has 46 heavy (non-hydrogen) atoms. The Morgan fingerprint density at radius 2 is 1.52 bits per heavy atom. The number of amides is 5. The average Bonchev–Trinajstić information content (AvgIpc) is 3.77. The van der Waals surface area contributed by atoms with Gasteiger partial charge in [-0.25, -0.2) is 17.5 Å². The van der Waals surface area contributed by atoms with Gasteiger partial charge in [0.15, 0.2) is 0 Å². The van der Waals surface area contributed by atoms with Gasteiger partial charge in [-0.3, -0.25) is 19.2 Å². The second-order valence-electron chi connectivity index (χ2n) is 16.7. The Balaban J connectivity index is 1.52. The lowest BCUT2D eigenvalue weighted by Gasteiger charge is -2.39. The minimum absolute atomic E-state index is 0.0601. The zero-order valence-corrected chi connectivity index (χ0v) is 29.6. The molecule has 0 spiro atoms. The van der Waals surface area contributed by atoms with E-state index in [1.165, 1.54) is 16.3 Å². The number of rotatable bonds is 12. The molecule has 260 valence electrons. The molecule has 0 aromatic carbocycles. The van der Waals surface area contributed by atoms with Crippen molar-refractivity contribution in [2.45, 2.75) is 117 Å². The van der Waals surface area contributed by atoms with Crippen LogP contribution in [0, 0.1) is 34.0 Å². The van der Waals surface area contributed by atoms with Gasteiger partial charge in [-0.05, 0) is 59.7 Å². The number of primary amides is 1. The predicted molar refractivity (Wildman–Crippen MR) is 172 cm³/mol. The third-order valence-electron chi connectivity index (χ3n) is 10.8. The quantitative estimate of drug-likeness (QED) is 0.226. The maximum atomic E-state index is 14.3. The predicted octanol–water partition coefficient (Wildman–Crippen LogP) is 1.36. The Bertz CT molecular complexity index is 1360. The van der Waals surface area contributed by atoms with E-state index < -0.39 is 74.6 Å². The highest BCUT2D eigenvalue weighted by molar-refractivity contribution is 7.90. The Morgan fingerprint density at radius 1 is 0.935 bits per heavy atom. The maximum absolute atomic E-state index is 14.3. The van der Waals surface area contributed by atoms with E-state index in [2.05, 4.69) is 16.0 Å². The molecule has 1 aliphatic heterocycles. The van der Waals surface area contributed by atoms with Crippen molar-refractivity contribution in [2.75, 3.05) is 20.1 Å². The fraction of sp³-hybridized carbons (Fsp3) is 0.844. The van der Waals surface area contributed by atoms with Gasteiger partial charge in [0.25, 0.3) is 5.91 Å². The summed E-state index contributed by atoms with van der Waals surface area (Å²) in [6.45, 7) is 15.7. The monoisotopic (exact) mass is 666 g/mol. The van der Waals surface area contributed by atoms with E-state index in [1.54, 1.807) is 0 Å². The van der Waals surface area contributed by atoms with E-state index in [0.29, 0.717) is 32.2 Å². The van der Waals surface area contributed by atoms with Crippen LogP contribution in [0.25, 0.3) is 0 Å². The number of likely N-dealkylation sites (tertiary alicyclic amines) is 1. The van der Waals surface area contributed by atoms with E-state index in [0.717, 1.165) is 6.42 Å². The first-order valence-corrected chi connectivity index (χ1v) is 18.0. The maximum Gasteiger partial charge on any atom is 0.315 e. The van der Waals surface area contributed by atoms with Crippen LogP contribution in [0.3, 0.4) is 0 Å². The normalized spacial score (nSPS) is 26.3. The minimum Gasteiger partial charge on any atom is -0.363 e. The number of piperidine rings is 1. The van der Waals surface area contributed by atoms with Gasteiger partial charge in [0.2, 0.25) is 27.6 Å². The lowest BCUT2D eigenvalue weighted by molar-refractivity contribution is -0.145. The van der Waals surface area contributed by atoms with Crippen LogP contribution in [0.5, 0.6) is 0 Å². The van der Waals surface area contributed by atoms with Crippen molar-refractivity contribution in [3.8, 4) is 0 Å². The number of nitrogens with zero attached hydrogens (tertiary/aromatic N) is 2. The first kappa shape index (κ1) is 36.1. The zero-order valence-electron chi connectivity index (χ0n) is 28.8. The zero-order chi connectivity index (χ0) is 34.7. The van der Waals surface area contributed by atoms with E-state index in [4.69, 9.17) is 5.73 Å². The van der Waals surface area contributed by atoms with Gasteiger partial charge in [0, 0.05) is 26.2 Å². The summed E-state index contributed by atoms with van der Waals surface area (Å²) in [5.74, 6) is -3.13. The van der Waals surface area contributed by atoms with Crippen molar-refractivity contribution >= 4 is 39.6 Å². The molecule has 0 aromatic rings. The number of carbonyl (C=O) groups is 5. The Kier molecular flexibility index (Phi) is 9.71. The van der Waals surface area contributed by atoms with Crippen LogP contribution in [-0.4, -0.2) is 96.7 Å². The smallest absolute Gasteiger partial charge is 0.315 e. The third kappa shape index (κ3) is 7.22. The van der Waals surface area contributed by atoms with Gasteiger partial charge in [-0.1, -0.05) is 61.8 Å². The van der Waals surface area contributed by atoms with Crippen molar-refractivity contribution < 1.29 is 32.4 Å². The van der Waals surface area contributed by atoms with Gasteiger partial charge in [-0.2, -0.15) is 0 Å². The van der Waals surface area contributed by atoms with Crippen molar-refractivity contribution in [3.05, 3.63) is 0 Å². The molecule has 5 amide bonds. The number of nitrogens with two attached hydrogens (primary N) is 1. The standard InChI is InChI=1S/C32H54N6O7S/c1-30(2,3)20(16-37(9)46(44,45)18-13-14-18)34-29(43)36-25(31(4,5)6)28(42)38-15-19-21(32(19,7)8)23(38)27(41)35-22(17-11-10-12-17)24(39)26(33)40/h17-23,25H,10-16H2,1-9H3,(H2,33,40)(H,35,41)(H2,34,36,43)/t19-,20+,21-,22?,23-,25+/m0/s1. The number of hydrogen-bond donors (Lipinski definition) is 4. The molecular weight excluding hydrogens is 612 g/mol. The fourth-order valence-electron chi connectivity index (χ4n) is 7.04. The summed E-state index contributed by atoms with van der Waals surface area (Å²) >= 11 is 0. The van der Waals surface area contributed by atoms with Gasteiger partial charge >= 0.3 is 6.03 Å². The summed E-state index contributed by atoms with van der Waals surface area (Å²) in [4.78, 5) is 67.7. The molecule has 0 bridgehead atoms. The topological polar surface area (TPSA) is 188 Å². The molecule has 6 atom stereocenters. The molecule has 0 aromatic heterocycles. The molecule has 3 aliphatic carbocycles. The molecule has 5 N–H and O–H groups in total. The number of nitrogens with one attached hydrogen (secondary N) is 3. The van der Waals surface area contributed by atoms with Gasteiger partial charge < -0.3 is 26.6 Å². The number of Topliss-reactive ketones (excluding diaryl/α,β-unsaturated/α-hetero) is 1. The molecule has 4 aliphatic rings. The molecule has 1 heterocycles. The average molecular weight is 667 g/mol. The molecule has 1 unspecified atom stereocenters. The highest BCUT2D eigenvalue weighted by atomic mass is 32.2. The molecule has 13 nitrogen and oxygen atoms in total. The summed E-state index contributed by atoms with van der Waals surface area (Å²) in [7, 11) is -1.94. The lowest BCUT2D eigenvalue weighted by Crippen LogP contribution is -2.63. The summed E-state index contributed by atoms with van der Waals surface area (Å²) in [5, 5.41) is 8.18. The van der Waals surface area contributed by atoms with Gasteiger partial charge in [-0.15, -0.1) is 0 Å². The number of urea groups is 1. The van der Waals surface area contributed by atoms with Crippen molar-refractivity contribution in [1.29, 1.82) is 0 Å². The van der Waals surface area contributed by atoms with Crippen LogP contribution in [-0.2, 0) is 29.2 Å².